The molecule has 0 bridgehead atoms. The minimum Gasteiger partial charge on any atom is -0.476 e. The maximum Gasteiger partial charge on any atom is 0.356 e. The first-order valence-electron chi connectivity index (χ1n) is 6.42. The fraction of sp³-hybridized carbons (Fsp3) is 0.0667. The Morgan fingerprint density at radius 2 is 2.04 bits per heavy atom. The zero-order chi connectivity index (χ0) is 16.7. The fourth-order valence-electron chi connectivity index (χ4n) is 2.26. The molecule has 3 rings (SSSR count). The molecule has 0 unspecified atom stereocenters. The van der Waals surface area contributed by atoms with Crippen LogP contribution in [0.1, 0.15) is 16.1 Å². The lowest BCUT2D eigenvalue weighted by Gasteiger charge is -2.09. The first-order valence-corrected chi connectivity index (χ1v) is 8.79. The van der Waals surface area contributed by atoms with Gasteiger partial charge in [0.2, 0.25) is 0 Å². The molecule has 0 atom stereocenters. The van der Waals surface area contributed by atoms with Crippen LogP contribution >= 0.6 is 50.5 Å². The Balaban J connectivity index is 2.31. The van der Waals surface area contributed by atoms with E-state index in [-0.39, 0.29) is 5.69 Å². The van der Waals surface area contributed by atoms with E-state index in [9.17, 15) is 9.90 Å². The van der Waals surface area contributed by atoms with E-state index < -0.39 is 5.97 Å². The standard InChI is InChI=1S/C15H9BrCl2N2O2S/c1-7-13(15(21)22)19-20(10-3-2-8(17)6-9(10)18)14(7)11-4-5-12(16)23-11/h2-6H,1H3,(H,21,22). The number of aromatic nitrogens is 2. The maximum atomic E-state index is 11.5. The van der Waals surface area contributed by atoms with Crippen molar-refractivity contribution < 1.29 is 9.90 Å². The minimum absolute atomic E-state index is 0.00413. The molecular formula is C15H9BrCl2N2O2S. The molecule has 0 radical (unpaired) electrons. The van der Waals surface area contributed by atoms with Crippen LogP contribution in [0.3, 0.4) is 0 Å². The van der Waals surface area contributed by atoms with E-state index in [2.05, 4.69) is 21.0 Å². The topological polar surface area (TPSA) is 55.1 Å². The summed E-state index contributed by atoms with van der Waals surface area (Å²) in [6.07, 6.45) is 0. The van der Waals surface area contributed by atoms with Gasteiger partial charge >= 0.3 is 5.97 Å². The number of nitrogens with zero attached hydrogens (tertiary/aromatic N) is 2. The second-order valence-electron chi connectivity index (χ2n) is 4.74. The molecule has 0 saturated carbocycles. The average Bonchev–Trinajstić information content (AvgIpc) is 3.02. The van der Waals surface area contributed by atoms with E-state index in [1.54, 1.807) is 29.8 Å². The molecule has 0 aliphatic heterocycles. The smallest absolute Gasteiger partial charge is 0.356 e. The molecule has 0 saturated heterocycles. The summed E-state index contributed by atoms with van der Waals surface area (Å²) in [6, 6.07) is 8.82. The van der Waals surface area contributed by atoms with Crippen LogP contribution in [0.15, 0.2) is 34.1 Å². The lowest BCUT2D eigenvalue weighted by atomic mass is 10.1. The molecule has 2 heterocycles. The number of halogens is 3. The largest absolute Gasteiger partial charge is 0.476 e. The van der Waals surface area contributed by atoms with E-state index in [1.807, 2.05) is 12.1 Å². The van der Waals surface area contributed by atoms with Crippen molar-refractivity contribution in [3.8, 4) is 16.3 Å². The van der Waals surface area contributed by atoms with Crippen LogP contribution in [-0.2, 0) is 0 Å². The third-order valence-corrected chi connectivity index (χ3v) is 5.44. The summed E-state index contributed by atoms with van der Waals surface area (Å²) in [5.74, 6) is -1.08. The van der Waals surface area contributed by atoms with Crippen molar-refractivity contribution in [3.63, 3.8) is 0 Å². The summed E-state index contributed by atoms with van der Waals surface area (Å²) < 4.78 is 2.49. The monoisotopic (exact) mass is 430 g/mol. The van der Waals surface area contributed by atoms with Crippen molar-refractivity contribution in [2.24, 2.45) is 0 Å². The summed E-state index contributed by atoms with van der Waals surface area (Å²) in [5.41, 5.74) is 1.85. The van der Waals surface area contributed by atoms with Gasteiger partial charge < -0.3 is 5.11 Å². The highest BCUT2D eigenvalue weighted by atomic mass is 79.9. The summed E-state index contributed by atoms with van der Waals surface area (Å²) in [6.45, 7) is 1.74. The van der Waals surface area contributed by atoms with Crippen LogP contribution in [0.4, 0.5) is 0 Å². The molecule has 0 amide bonds. The minimum atomic E-state index is -1.08. The van der Waals surface area contributed by atoms with Gasteiger partial charge in [0.15, 0.2) is 5.69 Å². The summed E-state index contributed by atoms with van der Waals surface area (Å²) in [4.78, 5) is 12.3. The quantitative estimate of drug-likeness (QED) is 0.580. The zero-order valence-corrected chi connectivity index (χ0v) is 15.6. The Bertz CT molecular complexity index is 920. The van der Waals surface area contributed by atoms with Crippen molar-refractivity contribution in [1.82, 2.24) is 9.78 Å². The number of hydrogen-bond acceptors (Lipinski definition) is 3. The van der Waals surface area contributed by atoms with Gasteiger partial charge in [-0.15, -0.1) is 11.3 Å². The normalized spacial score (nSPS) is 11.0. The third-order valence-electron chi connectivity index (χ3n) is 3.27. The number of benzene rings is 1. The Hall–Kier alpha value is -1.34. The molecule has 3 aromatic rings. The highest BCUT2D eigenvalue weighted by Gasteiger charge is 2.23. The Labute approximate surface area is 154 Å². The Morgan fingerprint density at radius 3 is 2.61 bits per heavy atom. The molecule has 1 aromatic carbocycles. The van der Waals surface area contributed by atoms with Crippen molar-refractivity contribution in [2.75, 3.05) is 0 Å². The first kappa shape index (κ1) is 16.5. The van der Waals surface area contributed by atoms with Gasteiger partial charge in [-0.25, -0.2) is 9.48 Å². The number of thiophene rings is 1. The maximum absolute atomic E-state index is 11.5. The molecular weight excluding hydrogens is 423 g/mol. The molecule has 0 fully saturated rings. The van der Waals surface area contributed by atoms with Crippen LogP contribution in [-0.4, -0.2) is 20.9 Å². The number of carbonyl (C=O) groups is 1. The number of aromatic carboxylic acids is 1. The van der Waals surface area contributed by atoms with Crippen molar-refractivity contribution in [2.45, 2.75) is 6.92 Å². The van der Waals surface area contributed by atoms with Crippen molar-refractivity contribution in [3.05, 3.63) is 55.4 Å². The number of carboxylic acid groups (broad SMARTS) is 1. The van der Waals surface area contributed by atoms with Gasteiger partial charge in [-0.05, 0) is 53.2 Å². The van der Waals surface area contributed by atoms with Crippen LogP contribution in [0.5, 0.6) is 0 Å². The van der Waals surface area contributed by atoms with Crippen molar-refractivity contribution in [1.29, 1.82) is 0 Å². The molecule has 8 heteroatoms. The molecule has 4 nitrogen and oxygen atoms in total. The van der Waals surface area contributed by atoms with Crippen molar-refractivity contribution >= 4 is 56.4 Å². The first-order chi connectivity index (χ1) is 10.9. The molecule has 118 valence electrons. The van der Waals surface area contributed by atoms with Gasteiger partial charge in [0.1, 0.15) is 0 Å². The Kier molecular flexibility index (Phi) is 4.51. The number of hydrogen-bond donors (Lipinski definition) is 1. The van der Waals surface area contributed by atoms with Gasteiger partial charge in [0, 0.05) is 10.6 Å². The lowest BCUT2D eigenvalue weighted by molar-refractivity contribution is 0.0689. The summed E-state index contributed by atoms with van der Waals surface area (Å²) in [7, 11) is 0. The molecule has 1 N–H and O–H groups in total. The third kappa shape index (κ3) is 3.04. The van der Waals surface area contributed by atoms with Crippen LogP contribution < -0.4 is 0 Å². The van der Waals surface area contributed by atoms with E-state index in [0.717, 1.165) is 8.66 Å². The molecule has 0 aliphatic rings. The predicted molar refractivity (Wildman–Crippen MR) is 96.3 cm³/mol. The van der Waals surface area contributed by atoms with Gasteiger partial charge in [0.05, 0.1) is 25.1 Å². The lowest BCUT2D eigenvalue weighted by Crippen LogP contribution is -2.02. The highest BCUT2D eigenvalue weighted by Crippen LogP contribution is 2.37. The molecule has 0 aliphatic carbocycles. The summed E-state index contributed by atoms with van der Waals surface area (Å²) in [5, 5.41) is 14.5. The highest BCUT2D eigenvalue weighted by molar-refractivity contribution is 9.11. The van der Waals surface area contributed by atoms with E-state index in [1.165, 1.54) is 11.3 Å². The van der Waals surface area contributed by atoms with Crippen LogP contribution in [0, 0.1) is 6.92 Å². The van der Waals surface area contributed by atoms with E-state index >= 15 is 0 Å². The average molecular weight is 432 g/mol. The van der Waals surface area contributed by atoms with Gasteiger partial charge in [-0.3, -0.25) is 0 Å². The second-order valence-corrected chi connectivity index (χ2v) is 8.05. The molecule has 0 spiro atoms. The SMILES string of the molecule is Cc1c(C(=O)O)nn(-c2ccc(Cl)cc2Cl)c1-c1ccc(Br)s1. The van der Waals surface area contributed by atoms with Gasteiger partial charge in [-0.1, -0.05) is 23.2 Å². The van der Waals surface area contributed by atoms with E-state index in [0.29, 0.717) is 27.0 Å². The molecule has 23 heavy (non-hydrogen) atoms. The Morgan fingerprint density at radius 1 is 1.30 bits per heavy atom. The van der Waals surface area contributed by atoms with Crippen LogP contribution in [0.25, 0.3) is 16.3 Å². The van der Waals surface area contributed by atoms with Gasteiger partial charge in [-0.2, -0.15) is 5.10 Å². The van der Waals surface area contributed by atoms with E-state index in [4.69, 9.17) is 23.2 Å². The fourth-order valence-corrected chi connectivity index (χ4v) is 4.22. The van der Waals surface area contributed by atoms with Crippen LogP contribution in [0.2, 0.25) is 10.0 Å². The summed E-state index contributed by atoms with van der Waals surface area (Å²) >= 11 is 17.1. The zero-order valence-electron chi connectivity index (χ0n) is 11.7. The molecule has 2 aromatic heterocycles. The van der Waals surface area contributed by atoms with Gasteiger partial charge in [0.25, 0.3) is 0 Å². The number of carboxylic acids is 1. The predicted octanol–water partition coefficient (Wildman–Crippen LogP) is 5.68. The number of rotatable bonds is 3. The second kappa shape index (κ2) is 6.28.